The molecule has 0 N–H and O–H groups in total. The third-order valence-corrected chi connectivity index (χ3v) is 2.51. The summed E-state index contributed by atoms with van der Waals surface area (Å²) in [7, 11) is 0. The predicted octanol–water partition coefficient (Wildman–Crippen LogP) is 2.32. The van der Waals surface area contributed by atoms with Crippen LogP contribution in [0.5, 0.6) is 0 Å². The number of esters is 1. The van der Waals surface area contributed by atoms with E-state index in [0.717, 1.165) is 5.52 Å². The van der Waals surface area contributed by atoms with Crippen molar-refractivity contribution in [3.8, 4) is 0 Å². The van der Waals surface area contributed by atoms with E-state index in [2.05, 4.69) is 0 Å². The summed E-state index contributed by atoms with van der Waals surface area (Å²) in [6.07, 6.45) is 1.76. The molecule has 2 heterocycles. The van der Waals surface area contributed by atoms with E-state index in [4.69, 9.17) is 4.74 Å². The van der Waals surface area contributed by atoms with Gasteiger partial charge in [-0.25, -0.2) is 4.79 Å². The van der Waals surface area contributed by atoms with Gasteiger partial charge in [0, 0.05) is 18.6 Å². The fourth-order valence-electron chi connectivity index (χ4n) is 1.85. The monoisotopic (exact) mass is 231 g/mol. The summed E-state index contributed by atoms with van der Waals surface area (Å²) < 4.78 is 6.65. The van der Waals surface area contributed by atoms with Crippen LogP contribution in [0.3, 0.4) is 0 Å². The van der Waals surface area contributed by atoms with Crippen LogP contribution in [0.15, 0.2) is 30.5 Å². The van der Waals surface area contributed by atoms with E-state index in [-0.39, 0.29) is 5.78 Å². The lowest BCUT2D eigenvalue weighted by Gasteiger charge is -2.02. The van der Waals surface area contributed by atoms with Gasteiger partial charge in [-0.3, -0.25) is 4.79 Å². The summed E-state index contributed by atoms with van der Waals surface area (Å²) in [5.41, 5.74) is 1.50. The van der Waals surface area contributed by atoms with E-state index in [0.29, 0.717) is 17.9 Å². The number of carbonyl (C=O) groups is 2. The van der Waals surface area contributed by atoms with Crippen LogP contribution in [0, 0.1) is 0 Å². The van der Waals surface area contributed by atoms with Crippen molar-refractivity contribution in [3.63, 3.8) is 0 Å². The van der Waals surface area contributed by atoms with Crippen LogP contribution >= 0.6 is 0 Å². The molecule has 0 saturated carbocycles. The molecule has 0 bridgehead atoms. The molecule has 0 radical (unpaired) electrons. The lowest BCUT2D eigenvalue weighted by molar-refractivity contribution is 0.0523. The van der Waals surface area contributed by atoms with Gasteiger partial charge in [0.2, 0.25) is 0 Å². The Hall–Kier alpha value is -2.10. The molecule has 2 aromatic heterocycles. The SMILES string of the molecule is CCOC(=O)c1cc2ccccn2c1C(C)=O. The highest BCUT2D eigenvalue weighted by Crippen LogP contribution is 2.18. The molecule has 0 aliphatic rings. The van der Waals surface area contributed by atoms with Gasteiger partial charge in [-0.2, -0.15) is 0 Å². The molecule has 0 unspecified atom stereocenters. The number of hydrogen-bond acceptors (Lipinski definition) is 3. The first-order valence-corrected chi connectivity index (χ1v) is 5.43. The molecule has 0 amide bonds. The van der Waals surface area contributed by atoms with E-state index in [1.807, 2.05) is 18.2 Å². The molecule has 0 saturated heterocycles. The van der Waals surface area contributed by atoms with E-state index in [1.54, 1.807) is 23.6 Å². The van der Waals surface area contributed by atoms with Gasteiger partial charge in [-0.15, -0.1) is 0 Å². The zero-order valence-corrected chi connectivity index (χ0v) is 9.77. The highest BCUT2D eigenvalue weighted by molar-refractivity contribution is 6.06. The maximum absolute atomic E-state index is 11.8. The zero-order chi connectivity index (χ0) is 12.4. The third kappa shape index (κ3) is 1.93. The summed E-state index contributed by atoms with van der Waals surface area (Å²) >= 11 is 0. The Balaban J connectivity index is 2.66. The number of carbonyl (C=O) groups excluding carboxylic acids is 2. The molecule has 2 aromatic rings. The van der Waals surface area contributed by atoms with Crippen LogP contribution in [-0.4, -0.2) is 22.8 Å². The minimum atomic E-state index is -0.457. The van der Waals surface area contributed by atoms with Gasteiger partial charge >= 0.3 is 5.97 Å². The van der Waals surface area contributed by atoms with Gasteiger partial charge in [0.05, 0.1) is 12.2 Å². The average Bonchev–Trinajstić information content (AvgIpc) is 2.68. The minimum Gasteiger partial charge on any atom is -0.462 e. The second kappa shape index (κ2) is 4.41. The molecule has 0 aliphatic carbocycles. The van der Waals surface area contributed by atoms with E-state index >= 15 is 0 Å². The number of rotatable bonds is 3. The van der Waals surface area contributed by atoms with Crippen LogP contribution in [0.1, 0.15) is 34.7 Å². The van der Waals surface area contributed by atoms with Crippen LogP contribution in [0.4, 0.5) is 0 Å². The highest BCUT2D eigenvalue weighted by Gasteiger charge is 2.20. The van der Waals surface area contributed by atoms with Gasteiger partial charge in [-0.1, -0.05) is 6.07 Å². The lowest BCUT2D eigenvalue weighted by atomic mass is 10.2. The van der Waals surface area contributed by atoms with Gasteiger partial charge in [0.15, 0.2) is 5.78 Å². The number of pyridine rings is 1. The maximum Gasteiger partial charge on any atom is 0.340 e. The molecule has 2 rings (SSSR count). The summed E-state index contributed by atoms with van der Waals surface area (Å²) in [6.45, 7) is 3.47. The first-order chi connectivity index (χ1) is 8.15. The number of ketones is 1. The van der Waals surface area contributed by atoms with Crippen molar-refractivity contribution < 1.29 is 14.3 Å². The Kier molecular flexibility index (Phi) is 2.95. The molecular formula is C13H13NO3. The Morgan fingerprint density at radius 3 is 2.76 bits per heavy atom. The van der Waals surface area contributed by atoms with Crippen molar-refractivity contribution in [1.82, 2.24) is 4.40 Å². The molecule has 0 aromatic carbocycles. The average molecular weight is 231 g/mol. The van der Waals surface area contributed by atoms with E-state index < -0.39 is 5.97 Å². The normalized spacial score (nSPS) is 10.5. The Labute approximate surface area is 98.8 Å². The molecule has 0 aliphatic heterocycles. The standard InChI is InChI=1S/C13H13NO3/c1-3-17-13(16)11-8-10-6-4-5-7-14(10)12(11)9(2)15/h4-8H,3H2,1-2H3. The van der Waals surface area contributed by atoms with Crippen LogP contribution in [-0.2, 0) is 4.74 Å². The van der Waals surface area contributed by atoms with Gasteiger partial charge in [-0.05, 0) is 25.1 Å². The van der Waals surface area contributed by atoms with Crippen LogP contribution in [0.2, 0.25) is 0 Å². The molecule has 0 atom stereocenters. The van der Waals surface area contributed by atoms with Gasteiger partial charge in [0.1, 0.15) is 5.69 Å². The number of ether oxygens (including phenoxy) is 1. The van der Waals surface area contributed by atoms with Crippen molar-refractivity contribution in [1.29, 1.82) is 0 Å². The first kappa shape index (κ1) is 11.4. The first-order valence-electron chi connectivity index (χ1n) is 5.43. The second-order valence-electron chi connectivity index (χ2n) is 3.68. The Morgan fingerprint density at radius 2 is 2.12 bits per heavy atom. The summed E-state index contributed by atoms with van der Waals surface area (Å²) in [5, 5.41) is 0. The maximum atomic E-state index is 11.8. The molecule has 4 nitrogen and oxygen atoms in total. The number of aromatic nitrogens is 1. The Bertz CT molecular complexity index is 583. The number of fused-ring (bicyclic) bond motifs is 1. The minimum absolute atomic E-state index is 0.153. The molecule has 0 fully saturated rings. The molecule has 4 heteroatoms. The van der Waals surface area contributed by atoms with E-state index in [1.165, 1.54) is 6.92 Å². The Morgan fingerprint density at radius 1 is 1.35 bits per heavy atom. The predicted molar refractivity (Wildman–Crippen MR) is 63.4 cm³/mol. The van der Waals surface area contributed by atoms with Gasteiger partial charge < -0.3 is 9.14 Å². The largest absolute Gasteiger partial charge is 0.462 e. The topological polar surface area (TPSA) is 47.8 Å². The summed E-state index contributed by atoms with van der Waals surface area (Å²) in [5.74, 6) is -0.611. The molecular weight excluding hydrogens is 218 g/mol. The van der Waals surface area contributed by atoms with Crippen molar-refractivity contribution in [2.45, 2.75) is 13.8 Å². The fraction of sp³-hybridized carbons (Fsp3) is 0.231. The summed E-state index contributed by atoms with van der Waals surface area (Å²) in [6, 6.07) is 7.19. The molecule has 17 heavy (non-hydrogen) atoms. The number of hydrogen-bond donors (Lipinski definition) is 0. The third-order valence-electron chi connectivity index (χ3n) is 2.51. The molecule has 88 valence electrons. The smallest absolute Gasteiger partial charge is 0.340 e. The lowest BCUT2D eigenvalue weighted by Crippen LogP contribution is -2.10. The van der Waals surface area contributed by atoms with Crippen LogP contribution < -0.4 is 0 Å². The summed E-state index contributed by atoms with van der Waals surface area (Å²) in [4.78, 5) is 23.4. The van der Waals surface area contributed by atoms with Gasteiger partial charge in [0.25, 0.3) is 0 Å². The van der Waals surface area contributed by atoms with Crippen molar-refractivity contribution in [2.24, 2.45) is 0 Å². The second-order valence-corrected chi connectivity index (χ2v) is 3.68. The zero-order valence-electron chi connectivity index (χ0n) is 9.77. The number of Topliss-reactive ketones (excluding diaryl/α,β-unsaturated/α-hetero) is 1. The number of nitrogens with zero attached hydrogens (tertiary/aromatic N) is 1. The van der Waals surface area contributed by atoms with Crippen molar-refractivity contribution in [2.75, 3.05) is 6.61 Å². The quantitative estimate of drug-likeness (QED) is 0.601. The van der Waals surface area contributed by atoms with Crippen molar-refractivity contribution >= 4 is 17.3 Å². The highest BCUT2D eigenvalue weighted by atomic mass is 16.5. The fourth-order valence-corrected chi connectivity index (χ4v) is 1.85. The van der Waals surface area contributed by atoms with Crippen LogP contribution in [0.25, 0.3) is 5.52 Å². The molecule has 0 spiro atoms. The van der Waals surface area contributed by atoms with Crippen molar-refractivity contribution in [3.05, 3.63) is 41.7 Å². The van der Waals surface area contributed by atoms with E-state index in [9.17, 15) is 9.59 Å².